The fourth-order valence-corrected chi connectivity index (χ4v) is 6.15. The summed E-state index contributed by atoms with van der Waals surface area (Å²) in [6.45, 7) is -1.86. The van der Waals surface area contributed by atoms with E-state index in [0.29, 0.717) is 0 Å². The summed E-state index contributed by atoms with van der Waals surface area (Å²) in [6, 6.07) is 42.4. The highest BCUT2D eigenvalue weighted by Gasteiger charge is 2.50. The molecule has 4 aromatic carbocycles. The average Bonchev–Trinajstić information content (AvgIpc) is 3.61. The van der Waals surface area contributed by atoms with Crippen LogP contribution in [0.25, 0.3) is 33.3 Å². The predicted octanol–water partition coefficient (Wildman–Crippen LogP) is 4.75. The first kappa shape index (κ1) is 21.0. The summed E-state index contributed by atoms with van der Waals surface area (Å²) in [6.07, 6.45) is 5.94. The molecule has 8 rings (SSSR count). The van der Waals surface area contributed by atoms with Crippen LogP contribution in [0.15, 0.2) is 140 Å². The van der Waals surface area contributed by atoms with E-state index in [1.54, 1.807) is 6.20 Å². The Balaban J connectivity index is 1.46. The molecule has 0 bridgehead atoms. The zero-order valence-corrected chi connectivity index (χ0v) is 20.6. The van der Waals surface area contributed by atoms with Crippen molar-refractivity contribution < 1.29 is 9.25 Å². The van der Waals surface area contributed by atoms with E-state index in [9.17, 15) is 0 Å². The highest BCUT2D eigenvalue weighted by atomic mass is 16.5. The van der Waals surface area contributed by atoms with E-state index >= 15 is 0 Å². The van der Waals surface area contributed by atoms with Gasteiger partial charge in [0.15, 0.2) is 0 Å². The number of hydrogen-bond acceptors (Lipinski definition) is 2. The Morgan fingerprint density at radius 2 is 1.42 bits per heavy atom. The standard InChI is InChI=1S/C32H23BN4O/c1-3-11-24(12-4-1)33(36-22-10-21-35(36)32-31(38-33)17-9-20-34-32)25-18-19-30-28(23-25)27-15-7-8-16-29(27)37(30)26-13-5-2-6-14-26/h1-23H. The maximum atomic E-state index is 7.06. The van der Waals surface area contributed by atoms with Crippen LogP contribution < -0.4 is 20.2 Å². The molecule has 0 saturated heterocycles. The summed E-state index contributed by atoms with van der Waals surface area (Å²) >= 11 is 0. The molecule has 180 valence electrons. The molecule has 1 aliphatic rings. The SMILES string of the molecule is c1ccc(-n2c3ccccc3c3cc([B-]4(c5ccccc5)Oc5cccnc5-n5ccc[n+]54)ccc32)cc1. The van der Waals surface area contributed by atoms with Gasteiger partial charge in [-0.3, -0.25) is 4.59 Å². The molecule has 4 heterocycles. The summed E-state index contributed by atoms with van der Waals surface area (Å²) in [7, 11) is 0. The normalized spacial score (nSPS) is 16.2. The second-order valence-electron chi connectivity index (χ2n) is 9.78. The monoisotopic (exact) mass is 490 g/mol. The molecule has 0 radical (unpaired) electrons. The first-order chi connectivity index (χ1) is 18.8. The van der Waals surface area contributed by atoms with Gasteiger partial charge < -0.3 is 9.22 Å². The smallest absolute Gasteiger partial charge is 0.535 e. The van der Waals surface area contributed by atoms with Gasteiger partial charge in [0.1, 0.15) is 11.9 Å². The number of benzene rings is 4. The third-order valence-corrected chi connectivity index (χ3v) is 7.77. The molecule has 0 fully saturated rings. The van der Waals surface area contributed by atoms with Crippen molar-refractivity contribution in [1.82, 2.24) is 14.2 Å². The molecule has 0 saturated carbocycles. The number of aromatic nitrogens is 4. The summed E-state index contributed by atoms with van der Waals surface area (Å²) in [5, 5.41) is 2.41. The number of para-hydroxylation sites is 2. The van der Waals surface area contributed by atoms with E-state index in [1.165, 1.54) is 21.8 Å². The van der Waals surface area contributed by atoms with Crippen molar-refractivity contribution in [2.24, 2.45) is 0 Å². The van der Waals surface area contributed by atoms with Gasteiger partial charge in [-0.05, 0) is 36.4 Å². The lowest BCUT2D eigenvalue weighted by Gasteiger charge is -2.40. The third-order valence-electron chi connectivity index (χ3n) is 7.77. The Hall–Kier alpha value is -5.10. The van der Waals surface area contributed by atoms with E-state index < -0.39 is 6.48 Å². The quantitative estimate of drug-likeness (QED) is 0.335. The summed E-state index contributed by atoms with van der Waals surface area (Å²) in [5.41, 5.74) is 5.68. The van der Waals surface area contributed by atoms with Gasteiger partial charge in [-0.25, -0.2) is 4.98 Å². The molecule has 38 heavy (non-hydrogen) atoms. The minimum atomic E-state index is -1.86. The summed E-state index contributed by atoms with van der Waals surface area (Å²) < 4.78 is 13.7. The average molecular weight is 490 g/mol. The van der Waals surface area contributed by atoms with Gasteiger partial charge in [-0.2, -0.15) is 4.68 Å². The van der Waals surface area contributed by atoms with Crippen LogP contribution in [0.4, 0.5) is 0 Å². The van der Waals surface area contributed by atoms with Gasteiger partial charge in [0.25, 0.3) is 0 Å². The van der Waals surface area contributed by atoms with Crippen LogP contribution in [-0.2, 0) is 0 Å². The molecule has 0 aliphatic carbocycles. The van der Waals surface area contributed by atoms with Gasteiger partial charge in [0, 0.05) is 28.7 Å². The summed E-state index contributed by atoms with van der Waals surface area (Å²) in [5.74, 6) is 1.55. The van der Waals surface area contributed by atoms with Crippen LogP contribution in [0.3, 0.4) is 0 Å². The molecule has 1 unspecified atom stereocenters. The van der Waals surface area contributed by atoms with Crippen LogP contribution in [0.2, 0.25) is 0 Å². The lowest BCUT2D eigenvalue weighted by Crippen LogP contribution is -2.85. The second kappa shape index (κ2) is 7.95. The van der Waals surface area contributed by atoms with Gasteiger partial charge in [0.2, 0.25) is 5.82 Å². The van der Waals surface area contributed by atoms with Crippen LogP contribution in [0, 0.1) is 0 Å². The zero-order chi connectivity index (χ0) is 25.1. The maximum Gasteiger partial charge on any atom is 0.535 e. The fourth-order valence-electron chi connectivity index (χ4n) is 6.15. The molecule has 7 aromatic rings. The molecular weight excluding hydrogens is 467 g/mol. The highest BCUT2D eigenvalue weighted by molar-refractivity contribution is 6.91. The van der Waals surface area contributed by atoms with Gasteiger partial charge in [0.05, 0.1) is 17.2 Å². The van der Waals surface area contributed by atoms with Crippen molar-refractivity contribution >= 4 is 39.2 Å². The molecule has 0 amide bonds. The Morgan fingerprint density at radius 1 is 0.658 bits per heavy atom. The van der Waals surface area contributed by atoms with Crippen molar-refractivity contribution in [3.63, 3.8) is 0 Å². The van der Waals surface area contributed by atoms with Crippen LogP contribution in [0.1, 0.15) is 0 Å². The van der Waals surface area contributed by atoms with Crippen molar-refractivity contribution in [3.05, 3.63) is 140 Å². The van der Waals surface area contributed by atoms with E-state index in [4.69, 9.17) is 4.65 Å². The first-order valence-electron chi connectivity index (χ1n) is 12.9. The lowest BCUT2D eigenvalue weighted by molar-refractivity contribution is -0.637. The number of fused-ring (bicyclic) bond motifs is 6. The third kappa shape index (κ3) is 2.83. The Bertz CT molecular complexity index is 1960. The lowest BCUT2D eigenvalue weighted by atomic mass is 9.41. The van der Waals surface area contributed by atoms with Crippen LogP contribution in [-0.4, -0.2) is 20.7 Å². The first-order valence-corrected chi connectivity index (χ1v) is 12.9. The number of rotatable bonds is 3. The number of nitrogens with zero attached hydrogens (tertiary/aromatic N) is 4. The van der Waals surface area contributed by atoms with Crippen LogP contribution in [0.5, 0.6) is 5.75 Å². The topological polar surface area (TPSA) is 35.9 Å². The van der Waals surface area contributed by atoms with Gasteiger partial charge in [-0.1, -0.05) is 89.8 Å². The maximum absolute atomic E-state index is 7.06. The molecule has 1 atom stereocenters. The summed E-state index contributed by atoms with van der Waals surface area (Å²) in [4.78, 5) is 4.64. The van der Waals surface area contributed by atoms with Crippen molar-refractivity contribution in [2.45, 2.75) is 0 Å². The Labute approximate surface area is 219 Å². The minimum Gasteiger partial charge on any atom is -0.647 e. The van der Waals surface area contributed by atoms with E-state index in [2.05, 4.69) is 122 Å². The second-order valence-corrected chi connectivity index (χ2v) is 9.78. The van der Waals surface area contributed by atoms with Crippen molar-refractivity contribution in [3.8, 4) is 17.3 Å². The fraction of sp³-hybridized carbons (Fsp3) is 0. The van der Waals surface area contributed by atoms with Gasteiger partial charge in [-0.15, -0.1) is 0 Å². The van der Waals surface area contributed by atoms with Crippen molar-refractivity contribution in [2.75, 3.05) is 0 Å². The van der Waals surface area contributed by atoms with E-state index in [0.717, 1.165) is 28.2 Å². The Kier molecular flexibility index (Phi) is 4.40. The van der Waals surface area contributed by atoms with Crippen molar-refractivity contribution in [1.29, 1.82) is 0 Å². The molecule has 1 aliphatic heterocycles. The number of hydrogen-bond donors (Lipinski definition) is 0. The molecular formula is C32H23BN4O. The molecule has 0 spiro atoms. The molecule has 0 N–H and O–H groups in total. The zero-order valence-electron chi connectivity index (χ0n) is 20.6. The van der Waals surface area contributed by atoms with E-state index in [-0.39, 0.29) is 0 Å². The number of pyridine rings is 1. The Morgan fingerprint density at radius 3 is 2.29 bits per heavy atom. The highest BCUT2D eigenvalue weighted by Crippen LogP contribution is 2.32. The molecule has 6 heteroatoms. The van der Waals surface area contributed by atoms with Gasteiger partial charge >= 0.3 is 6.48 Å². The molecule has 5 nitrogen and oxygen atoms in total. The molecule has 3 aromatic heterocycles. The van der Waals surface area contributed by atoms with Crippen LogP contribution >= 0.6 is 0 Å². The minimum absolute atomic E-state index is 0.763. The largest absolute Gasteiger partial charge is 0.647 e. The predicted molar refractivity (Wildman–Crippen MR) is 152 cm³/mol. The van der Waals surface area contributed by atoms with E-state index in [1.807, 2.05) is 30.5 Å².